The standard InChI is InChI=1S/C4H6O2.Ag/c1-3-4(5)6-2;/h3H,1H2,2H3;. The summed E-state index contributed by atoms with van der Waals surface area (Å²) in [5.41, 5.74) is 0. The zero-order chi connectivity index (χ0) is 4.99. The Morgan fingerprint density at radius 2 is 2.29 bits per heavy atom. The van der Waals surface area contributed by atoms with Crippen molar-refractivity contribution in [1.29, 1.82) is 0 Å². The van der Waals surface area contributed by atoms with Crippen LogP contribution in [0.2, 0.25) is 0 Å². The van der Waals surface area contributed by atoms with Gasteiger partial charge in [0.25, 0.3) is 0 Å². The van der Waals surface area contributed by atoms with Crippen molar-refractivity contribution in [2.24, 2.45) is 0 Å². The monoisotopic (exact) mass is 193 g/mol. The van der Waals surface area contributed by atoms with E-state index in [1.807, 2.05) is 0 Å². The number of methoxy groups -OCH3 is 1. The Hall–Kier alpha value is -0.0497. The van der Waals surface area contributed by atoms with Crippen LogP contribution < -0.4 is 0 Å². The molecule has 0 saturated heterocycles. The van der Waals surface area contributed by atoms with Crippen molar-refractivity contribution in [2.75, 3.05) is 7.11 Å². The SMILES string of the molecule is C=CC(=O)OC.[Ag]. The fourth-order valence-electron chi connectivity index (χ4n) is 0.0833. The maximum atomic E-state index is 9.84. The quantitative estimate of drug-likeness (QED) is 0.342. The number of carbonyl (C=O) groups excluding carboxylic acids is 1. The van der Waals surface area contributed by atoms with E-state index in [2.05, 4.69) is 11.3 Å². The van der Waals surface area contributed by atoms with Crippen LogP contribution in [0, 0.1) is 0 Å². The molecule has 0 heterocycles. The number of esters is 1. The first-order valence-electron chi connectivity index (χ1n) is 1.51. The third kappa shape index (κ3) is 5.95. The summed E-state index contributed by atoms with van der Waals surface area (Å²) in [6.45, 7) is 3.16. The molecule has 45 valence electrons. The molecule has 0 aliphatic heterocycles. The van der Waals surface area contributed by atoms with Crippen molar-refractivity contribution in [2.45, 2.75) is 0 Å². The summed E-state index contributed by atoms with van der Waals surface area (Å²) in [6.07, 6.45) is 1.11. The van der Waals surface area contributed by atoms with Gasteiger partial charge in [0.05, 0.1) is 7.11 Å². The van der Waals surface area contributed by atoms with E-state index in [-0.39, 0.29) is 22.4 Å². The molecule has 0 aliphatic carbocycles. The normalized spacial score (nSPS) is 5.86. The first-order valence-corrected chi connectivity index (χ1v) is 1.51. The fourth-order valence-corrected chi connectivity index (χ4v) is 0.0833. The second kappa shape index (κ2) is 5.95. The topological polar surface area (TPSA) is 26.3 Å². The molecule has 0 fully saturated rings. The molecule has 1 radical (unpaired) electrons. The summed E-state index contributed by atoms with van der Waals surface area (Å²) in [6, 6.07) is 0. The molecule has 0 amide bonds. The number of ether oxygens (including phenoxy) is 1. The second-order valence-electron chi connectivity index (χ2n) is 0.727. The first-order chi connectivity index (χ1) is 2.81. The van der Waals surface area contributed by atoms with Crippen LogP contribution in [-0.2, 0) is 31.9 Å². The van der Waals surface area contributed by atoms with E-state index in [0.29, 0.717) is 0 Å². The number of hydrogen-bond acceptors (Lipinski definition) is 2. The molecule has 7 heavy (non-hydrogen) atoms. The average Bonchev–Trinajstić information content (AvgIpc) is 1.65. The minimum atomic E-state index is -0.394. The Morgan fingerprint density at radius 3 is 2.29 bits per heavy atom. The minimum Gasteiger partial charge on any atom is -0.466 e. The Morgan fingerprint density at radius 1 is 1.86 bits per heavy atom. The molecule has 0 aromatic heterocycles. The molecule has 0 spiro atoms. The summed E-state index contributed by atoms with van der Waals surface area (Å²) in [7, 11) is 1.31. The Balaban J connectivity index is 0. The van der Waals surface area contributed by atoms with Gasteiger partial charge in [0.1, 0.15) is 0 Å². The van der Waals surface area contributed by atoms with Gasteiger partial charge in [0.15, 0.2) is 0 Å². The zero-order valence-corrected chi connectivity index (χ0v) is 5.38. The summed E-state index contributed by atoms with van der Waals surface area (Å²) in [4.78, 5) is 9.84. The predicted octanol–water partition coefficient (Wildman–Crippen LogP) is 0.343. The van der Waals surface area contributed by atoms with Crippen LogP contribution in [-0.4, -0.2) is 13.1 Å². The third-order valence-electron chi connectivity index (χ3n) is 0.368. The largest absolute Gasteiger partial charge is 0.466 e. The first kappa shape index (κ1) is 10.0. The van der Waals surface area contributed by atoms with E-state index in [9.17, 15) is 4.79 Å². The summed E-state index contributed by atoms with van der Waals surface area (Å²) in [5.74, 6) is -0.394. The van der Waals surface area contributed by atoms with Crippen LogP contribution >= 0.6 is 0 Å². The summed E-state index contributed by atoms with van der Waals surface area (Å²) in [5, 5.41) is 0. The van der Waals surface area contributed by atoms with Crippen LogP contribution in [0.15, 0.2) is 12.7 Å². The molecule has 3 heteroatoms. The van der Waals surface area contributed by atoms with Gasteiger partial charge >= 0.3 is 5.97 Å². The van der Waals surface area contributed by atoms with E-state index in [4.69, 9.17) is 0 Å². The molecule has 0 aliphatic rings. The molecule has 0 aromatic carbocycles. The van der Waals surface area contributed by atoms with Gasteiger partial charge in [0.2, 0.25) is 0 Å². The van der Waals surface area contributed by atoms with E-state index in [1.54, 1.807) is 0 Å². The Labute approximate surface area is 58.1 Å². The second-order valence-corrected chi connectivity index (χ2v) is 0.727. The van der Waals surface area contributed by atoms with Gasteiger partial charge in [-0.25, -0.2) is 4.79 Å². The van der Waals surface area contributed by atoms with Crippen molar-refractivity contribution in [3.63, 3.8) is 0 Å². The van der Waals surface area contributed by atoms with E-state index < -0.39 is 5.97 Å². The summed E-state index contributed by atoms with van der Waals surface area (Å²) >= 11 is 0. The predicted molar refractivity (Wildman–Crippen MR) is 22.2 cm³/mol. The van der Waals surface area contributed by atoms with Crippen LogP contribution in [0.4, 0.5) is 0 Å². The van der Waals surface area contributed by atoms with Crippen LogP contribution in [0.25, 0.3) is 0 Å². The number of carbonyl (C=O) groups is 1. The Bertz CT molecular complexity index is 70.1. The maximum Gasteiger partial charge on any atom is 0.329 e. The van der Waals surface area contributed by atoms with Crippen molar-refractivity contribution < 1.29 is 31.9 Å². The molecule has 0 bridgehead atoms. The Kier molecular flexibility index (Phi) is 8.54. The van der Waals surface area contributed by atoms with Gasteiger partial charge in [-0.3, -0.25) is 0 Å². The van der Waals surface area contributed by atoms with Crippen LogP contribution in [0.5, 0.6) is 0 Å². The van der Waals surface area contributed by atoms with Gasteiger partial charge < -0.3 is 4.74 Å². The maximum absolute atomic E-state index is 9.84. The number of rotatable bonds is 1. The van der Waals surface area contributed by atoms with Gasteiger partial charge in [-0.05, 0) is 0 Å². The van der Waals surface area contributed by atoms with Crippen LogP contribution in [0.3, 0.4) is 0 Å². The summed E-state index contributed by atoms with van der Waals surface area (Å²) < 4.78 is 4.14. The van der Waals surface area contributed by atoms with Crippen molar-refractivity contribution in [1.82, 2.24) is 0 Å². The van der Waals surface area contributed by atoms with E-state index in [1.165, 1.54) is 7.11 Å². The van der Waals surface area contributed by atoms with Crippen LogP contribution in [0.1, 0.15) is 0 Å². The van der Waals surface area contributed by atoms with Gasteiger partial charge in [-0.2, -0.15) is 0 Å². The van der Waals surface area contributed by atoms with E-state index in [0.717, 1.165) is 6.08 Å². The third-order valence-corrected chi connectivity index (χ3v) is 0.368. The van der Waals surface area contributed by atoms with E-state index >= 15 is 0 Å². The molecule has 0 unspecified atom stereocenters. The van der Waals surface area contributed by atoms with Crippen molar-refractivity contribution in [3.8, 4) is 0 Å². The van der Waals surface area contributed by atoms with Crippen molar-refractivity contribution in [3.05, 3.63) is 12.7 Å². The smallest absolute Gasteiger partial charge is 0.329 e. The zero-order valence-electron chi connectivity index (χ0n) is 3.90. The van der Waals surface area contributed by atoms with Gasteiger partial charge in [0, 0.05) is 28.5 Å². The molecule has 0 saturated carbocycles. The van der Waals surface area contributed by atoms with Crippen molar-refractivity contribution >= 4 is 5.97 Å². The minimum absolute atomic E-state index is 0. The molecule has 0 atom stereocenters. The molecular formula is C4H6AgO2. The molecule has 0 N–H and O–H groups in total. The molecular weight excluding hydrogens is 188 g/mol. The van der Waals surface area contributed by atoms with Gasteiger partial charge in [-0.15, -0.1) is 0 Å². The molecule has 0 rings (SSSR count). The fraction of sp³-hybridized carbons (Fsp3) is 0.250. The molecule has 0 aromatic rings. The average molecular weight is 194 g/mol. The van der Waals surface area contributed by atoms with Gasteiger partial charge in [-0.1, -0.05) is 6.58 Å². The number of hydrogen-bond donors (Lipinski definition) is 0. The molecule has 2 nitrogen and oxygen atoms in total.